The van der Waals surface area contributed by atoms with Gasteiger partial charge in [0, 0.05) is 62.4 Å². The number of rotatable bonds is 2. The molecular formula is C20H24N4O3. The molecule has 27 heavy (non-hydrogen) atoms. The molecule has 0 amide bonds. The van der Waals surface area contributed by atoms with Gasteiger partial charge in [-0.15, -0.1) is 0 Å². The molecule has 1 aliphatic heterocycles. The fraction of sp³-hybridized carbons (Fsp3) is 0.550. The van der Waals surface area contributed by atoms with Crippen LogP contribution in [-0.4, -0.2) is 47.6 Å². The predicted octanol–water partition coefficient (Wildman–Crippen LogP) is 2.13. The van der Waals surface area contributed by atoms with Crippen molar-refractivity contribution < 1.29 is 9.47 Å². The molecule has 3 aliphatic rings. The van der Waals surface area contributed by atoms with Gasteiger partial charge in [-0.2, -0.15) is 0 Å². The van der Waals surface area contributed by atoms with Crippen LogP contribution in [0.1, 0.15) is 43.0 Å². The molecule has 142 valence electrons. The zero-order chi connectivity index (χ0) is 18.6. The average Bonchev–Trinajstić information content (AvgIpc) is 3.28. The molecule has 2 aliphatic carbocycles. The molecule has 1 saturated heterocycles. The van der Waals surface area contributed by atoms with Crippen molar-refractivity contribution in [3.63, 3.8) is 0 Å². The lowest BCUT2D eigenvalue weighted by Crippen LogP contribution is -2.38. The van der Waals surface area contributed by atoms with Crippen LogP contribution in [0.25, 0.3) is 11.3 Å². The van der Waals surface area contributed by atoms with Gasteiger partial charge in [0.25, 0.3) is 5.56 Å². The number of nitrogens with zero attached hydrogens (tertiary/aromatic N) is 4. The number of hydrogen-bond donors (Lipinski definition) is 0. The zero-order valence-electron chi connectivity index (χ0n) is 15.8. The Labute approximate surface area is 158 Å². The van der Waals surface area contributed by atoms with E-state index in [2.05, 4.69) is 4.98 Å². The van der Waals surface area contributed by atoms with E-state index < -0.39 is 5.79 Å². The fourth-order valence-electron chi connectivity index (χ4n) is 4.67. The lowest BCUT2D eigenvalue weighted by atomic mass is 9.90. The third-order valence-electron chi connectivity index (χ3n) is 6.08. The first-order valence-electron chi connectivity index (χ1n) is 9.61. The molecule has 5 rings (SSSR count). The number of pyridine rings is 1. The van der Waals surface area contributed by atoms with Crippen LogP contribution in [0, 0.1) is 0 Å². The largest absolute Gasteiger partial charge is 0.377 e. The van der Waals surface area contributed by atoms with Gasteiger partial charge in [0.1, 0.15) is 0 Å². The van der Waals surface area contributed by atoms with Crippen molar-refractivity contribution in [2.75, 3.05) is 32.2 Å². The summed E-state index contributed by atoms with van der Waals surface area (Å²) in [6.45, 7) is 1.34. The Morgan fingerprint density at radius 2 is 1.93 bits per heavy atom. The van der Waals surface area contributed by atoms with Gasteiger partial charge in [-0.1, -0.05) is 0 Å². The molecule has 2 fully saturated rings. The van der Waals surface area contributed by atoms with Crippen molar-refractivity contribution in [1.82, 2.24) is 14.5 Å². The van der Waals surface area contributed by atoms with Crippen LogP contribution in [0.4, 0.5) is 5.69 Å². The number of aromatic nitrogens is 3. The van der Waals surface area contributed by atoms with Crippen molar-refractivity contribution >= 4 is 5.69 Å². The normalized spacial score (nSPS) is 20.7. The van der Waals surface area contributed by atoms with Gasteiger partial charge in [0.15, 0.2) is 5.79 Å². The SMILES string of the molecule is CN(C)c1ccnc2c1-c1ncn(C3CCC4(CC3)OCCO4)c(=O)c1C2. The number of ether oxygens (including phenoxy) is 2. The van der Waals surface area contributed by atoms with Crippen molar-refractivity contribution in [3.05, 3.63) is 40.2 Å². The van der Waals surface area contributed by atoms with Crippen molar-refractivity contribution in [1.29, 1.82) is 0 Å². The quantitative estimate of drug-likeness (QED) is 0.690. The molecule has 7 nitrogen and oxygen atoms in total. The minimum atomic E-state index is -0.412. The monoisotopic (exact) mass is 368 g/mol. The molecule has 7 heteroatoms. The Hall–Kier alpha value is -2.25. The summed E-state index contributed by atoms with van der Waals surface area (Å²) in [6.07, 6.45) is 7.48. The molecule has 1 saturated carbocycles. The summed E-state index contributed by atoms with van der Waals surface area (Å²) in [5.74, 6) is -0.412. The molecule has 0 N–H and O–H groups in total. The summed E-state index contributed by atoms with van der Waals surface area (Å²) in [7, 11) is 4.00. The highest BCUT2D eigenvalue weighted by atomic mass is 16.7. The first-order valence-corrected chi connectivity index (χ1v) is 9.61. The predicted molar refractivity (Wildman–Crippen MR) is 101 cm³/mol. The third-order valence-corrected chi connectivity index (χ3v) is 6.08. The van der Waals surface area contributed by atoms with Gasteiger partial charge in [-0.25, -0.2) is 4.98 Å². The van der Waals surface area contributed by atoms with Gasteiger partial charge in [-0.05, 0) is 18.9 Å². The van der Waals surface area contributed by atoms with Crippen molar-refractivity contribution in [2.45, 2.75) is 43.9 Å². The van der Waals surface area contributed by atoms with Crippen LogP contribution in [0.3, 0.4) is 0 Å². The van der Waals surface area contributed by atoms with Crippen LogP contribution in [-0.2, 0) is 15.9 Å². The third kappa shape index (κ3) is 2.60. The summed E-state index contributed by atoms with van der Waals surface area (Å²) in [4.78, 5) is 24.5. The molecule has 2 aromatic heterocycles. The van der Waals surface area contributed by atoms with E-state index in [0.717, 1.165) is 53.9 Å². The standard InChI is InChI=1S/C20H24N4O3/c1-23(2)16-5-8-21-15-11-14-18(17(15)16)22-12-24(19(14)25)13-3-6-20(7-4-13)26-9-10-27-20/h5,8,12-13H,3-4,6-7,9-11H2,1-2H3. The molecule has 0 unspecified atom stereocenters. The Morgan fingerprint density at radius 3 is 2.63 bits per heavy atom. The Morgan fingerprint density at radius 1 is 1.19 bits per heavy atom. The second-order valence-corrected chi connectivity index (χ2v) is 7.85. The van der Waals surface area contributed by atoms with E-state index in [0.29, 0.717) is 19.6 Å². The first-order chi connectivity index (χ1) is 13.1. The summed E-state index contributed by atoms with van der Waals surface area (Å²) >= 11 is 0. The van der Waals surface area contributed by atoms with E-state index in [1.165, 1.54) is 0 Å². The highest BCUT2D eigenvalue weighted by Crippen LogP contribution is 2.41. The van der Waals surface area contributed by atoms with Gasteiger partial charge in [0.2, 0.25) is 0 Å². The highest BCUT2D eigenvalue weighted by Gasteiger charge is 2.41. The van der Waals surface area contributed by atoms with Crippen molar-refractivity contribution in [3.8, 4) is 11.3 Å². The van der Waals surface area contributed by atoms with Crippen molar-refractivity contribution in [2.24, 2.45) is 0 Å². The van der Waals surface area contributed by atoms with Crippen LogP contribution >= 0.6 is 0 Å². The second kappa shape index (κ2) is 6.14. The number of anilines is 1. The van der Waals surface area contributed by atoms with E-state index in [1.54, 1.807) is 12.5 Å². The topological polar surface area (TPSA) is 69.5 Å². The number of hydrogen-bond acceptors (Lipinski definition) is 6. The lowest BCUT2D eigenvalue weighted by molar-refractivity contribution is -0.181. The zero-order valence-corrected chi connectivity index (χ0v) is 15.8. The van der Waals surface area contributed by atoms with E-state index in [-0.39, 0.29) is 11.6 Å². The van der Waals surface area contributed by atoms with Crippen LogP contribution in [0.15, 0.2) is 23.4 Å². The molecule has 2 aromatic rings. The van der Waals surface area contributed by atoms with E-state index in [4.69, 9.17) is 14.5 Å². The minimum Gasteiger partial charge on any atom is -0.377 e. The maximum absolute atomic E-state index is 13.2. The maximum atomic E-state index is 13.2. The maximum Gasteiger partial charge on any atom is 0.257 e. The fourth-order valence-corrected chi connectivity index (χ4v) is 4.67. The van der Waals surface area contributed by atoms with E-state index in [9.17, 15) is 4.79 Å². The Kier molecular flexibility index (Phi) is 3.84. The van der Waals surface area contributed by atoms with Gasteiger partial charge < -0.3 is 14.4 Å². The number of fused-ring (bicyclic) bond motifs is 3. The first kappa shape index (κ1) is 16.9. The molecule has 0 aromatic carbocycles. The van der Waals surface area contributed by atoms with Crippen LogP contribution in [0.2, 0.25) is 0 Å². The highest BCUT2D eigenvalue weighted by molar-refractivity contribution is 5.83. The molecule has 3 heterocycles. The summed E-state index contributed by atoms with van der Waals surface area (Å²) in [6, 6.07) is 2.13. The van der Waals surface area contributed by atoms with Gasteiger partial charge >= 0.3 is 0 Å². The summed E-state index contributed by atoms with van der Waals surface area (Å²) in [5.41, 5.74) is 4.61. The smallest absolute Gasteiger partial charge is 0.257 e. The Balaban J connectivity index is 1.48. The van der Waals surface area contributed by atoms with Crippen LogP contribution < -0.4 is 10.5 Å². The Bertz CT molecular complexity index is 937. The minimum absolute atomic E-state index is 0.0666. The molecule has 1 spiro atoms. The van der Waals surface area contributed by atoms with E-state index >= 15 is 0 Å². The summed E-state index contributed by atoms with van der Waals surface area (Å²) < 4.78 is 13.4. The van der Waals surface area contributed by atoms with Gasteiger partial charge in [0.05, 0.1) is 30.9 Å². The molecule has 0 atom stereocenters. The van der Waals surface area contributed by atoms with Gasteiger partial charge in [-0.3, -0.25) is 14.3 Å². The molecule has 0 bridgehead atoms. The molecular weight excluding hydrogens is 344 g/mol. The summed E-state index contributed by atoms with van der Waals surface area (Å²) in [5, 5.41) is 0. The molecule has 0 radical (unpaired) electrons. The van der Waals surface area contributed by atoms with Crippen LogP contribution in [0.5, 0.6) is 0 Å². The lowest BCUT2D eigenvalue weighted by Gasteiger charge is -2.35. The second-order valence-electron chi connectivity index (χ2n) is 7.85. The van der Waals surface area contributed by atoms with E-state index in [1.807, 2.05) is 29.6 Å². The average molecular weight is 368 g/mol.